The Balaban J connectivity index is 1.94. The van der Waals surface area contributed by atoms with Crippen molar-refractivity contribution in [2.45, 2.75) is 31.6 Å². The van der Waals surface area contributed by atoms with Crippen molar-refractivity contribution in [2.75, 3.05) is 0 Å². The number of benzene rings is 1. The molecule has 1 aliphatic rings. The molecule has 0 N–H and O–H groups in total. The molecule has 1 aromatic heterocycles. The first-order valence-electron chi connectivity index (χ1n) is 6.45. The molecule has 0 radical (unpaired) electrons. The second kappa shape index (κ2) is 4.70. The zero-order chi connectivity index (χ0) is 11.5. The highest BCUT2D eigenvalue weighted by molar-refractivity contribution is 5.59. The molecular formula is C16H17N. The molecule has 1 nitrogen and oxygen atoms in total. The van der Waals surface area contributed by atoms with E-state index in [1.807, 2.05) is 12.3 Å². The van der Waals surface area contributed by atoms with Crippen LogP contribution in [0.1, 0.15) is 37.2 Å². The van der Waals surface area contributed by atoms with Crippen molar-refractivity contribution in [3.05, 3.63) is 54.2 Å². The normalized spacial score (nSPS) is 16.2. The van der Waals surface area contributed by atoms with Crippen LogP contribution in [-0.2, 0) is 0 Å². The molecular weight excluding hydrogens is 206 g/mol. The van der Waals surface area contributed by atoms with Crippen LogP contribution in [0.5, 0.6) is 0 Å². The standard InChI is InChI=1S/C16H17N/c1-2-8-14(9-3-1)16-12-15(10-11-17-16)13-6-4-5-7-13/h1-3,8-13H,4-7H2. The van der Waals surface area contributed by atoms with Crippen molar-refractivity contribution in [2.24, 2.45) is 0 Å². The lowest BCUT2D eigenvalue weighted by Crippen LogP contribution is -1.94. The summed E-state index contributed by atoms with van der Waals surface area (Å²) in [5.41, 5.74) is 3.79. The van der Waals surface area contributed by atoms with Crippen molar-refractivity contribution < 1.29 is 0 Å². The van der Waals surface area contributed by atoms with Crippen LogP contribution in [-0.4, -0.2) is 4.98 Å². The van der Waals surface area contributed by atoms with E-state index in [0.29, 0.717) is 0 Å². The van der Waals surface area contributed by atoms with Gasteiger partial charge in [0.15, 0.2) is 0 Å². The Hall–Kier alpha value is -1.63. The summed E-state index contributed by atoms with van der Waals surface area (Å²) in [6, 6.07) is 14.9. The summed E-state index contributed by atoms with van der Waals surface area (Å²) in [4.78, 5) is 4.48. The third-order valence-corrected chi connectivity index (χ3v) is 3.68. The maximum absolute atomic E-state index is 4.48. The van der Waals surface area contributed by atoms with Crippen molar-refractivity contribution in [1.29, 1.82) is 0 Å². The predicted molar refractivity (Wildman–Crippen MR) is 70.9 cm³/mol. The summed E-state index contributed by atoms with van der Waals surface area (Å²) >= 11 is 0. The largest absolute Gasteiger partial charge is 0.256 e. The molecule has 2 aromatic rings. The van der Waals surface area contributed by atoms with Crippen LogP contribution < -0.4 is 0 Å². The lowest BCUT2D eigenvalue weighted by molar-refractivity contribution is 0.722. The second-order valence-corrected chi connectivity index (χ2v) is 4.82. The summed E-state index contributed by atoms with van der Waals surface area (Å²) in [5, 5.41) is 0. The van der Waals surface area contributed by atoms with Gasteiger partial charge in [0.25, 0.3) is 0 Å². The van der Waals surface area contributed by atoms with Gasteiger partial charge < -0.3 is 0 Å². The SMILES string of the molecule is c1ccc(-c2cc(C3CCCC3)ccn2)cc1. The fourth-order valence-corrected chi connectivity index (χ4v) is 2.73. The van der Waals surface area contributed by atoms with E-state index < -0.39 is 0 Å². The van der Waals surface area contributed by atoms with E-state index in [0.717, 1.165) is 11.6 Å². The van der Waals surface area contributed by atoms with Gasteiger partial charge in [-0.05, 0) is 36.5 Å². The summed E-state index contributed by atoms with van der Waals surface area (Å²) in [6.07, 6.45) is 7.41. The quantitative estimate of drug-likeness (QED) is 0.735. The lowest BCUT2D eigenvalue weighted by Gasteiger charge is -2.10. The number of nitrogens with zero attached hydrogens (tertiary/aromatic N) is 1. The number of aromatic nitrogens is 1. The molecule has 86 valence electrons. The van der Waals surface area contributed by atoms with E-state index in [1.54, 1.807) is 0 Å². The Morgan fingerprint density at radius 2 is 1.71 bits per heavy atom. The first-order valence-corrected chi connectivity index (χ1v) is 6.45. The van der Waals surface area contributed by atoms with Gasteiger partial charge in [-0.1, -0.05) is 43.2 Å². The molecule has 0 atom stereocenters. The van der Waals surface area contributed by atoms with Crippen LogP contribution in [0.25, 0.3) is 11.3 Å². The molecule has 1 heterocycles. The van der Waals surface area contributed by atoms with E-state index in [2.05, 4.69) is 41.4 Å². The summed E-state index contributed by atoms with van der Waals surface area (Å²) in [7, 11) is 0. The lowest BCUT2D eigenvalue weighted by atomic mass is 9.97. The molecule has 0 aliphatic heterocycles. The Morgan fingerprint density at radius 3 is 2.47 bits per heavy atom. The van der Waals surface area contributed by atoms with E-state index in [1.165, 1.54) is 36.8 Å². The zero-order valence-electron chi connectivity index (χ0n) is 9.97. The van der Waals surface area contributed by atoms with Crippen LogP contribution in [0, 0.1) is 0 Å². The van der Waals surface area contributed by atoms with Crippen LogP contribution in [0.4, 0.5) is 0 Å². The second-order valence-electron chi connectivity index (χ2n) is 4.82. The van der Waals surface area contributed by atoms with Crippen LogP contribution in [0.3, 0.4) is 0 Å². The van der Waals surface area contributed by atoms with Crippen molar-refractivity contribution in [1.82, 2.24) is 4.98 Å². The topological polar surface area (TPSA) is 12.9 Å². The molecule has 1 saturated carbocycles. The number of hydrogen-bond acceptors (Lipinski definition) is 1. The molecule has 17 heavy (non-hydrogen) atoms. The fraction of sp³-hybridized carbons (Fsp3) is 0.312. The van der Waals surface area contributed by atoms with Gasteiger partial charge in [0.1, 0.15) is 0 Å². The van der Waals surface area contributed by atoms with E-state index in [4.69, 9.17) is 0 Å². The van der Waals surface area contributed by atoms with Crippen molar-refractivity contribution in [3.8, 4) is 11.3 Å². The van der Waals surface area contributed by atoms with E-state index in [-0.39, 0.29) is 0 Å². The van der Waals surface area contributed by atoms with Crippen LogP contribution in [0.15, 0.2) is 48.7 Å². The minimum atomic E-state index is 0.764. The molecule has 0 bridgehead atoms. The first-order chi connectivity index (χ1) is 8.43. The molecule has 1 aliphatic carbocycles. The van der Waals surface area contributed by atoms with Gasteiger partial charge in [-0.15, -0.1) is 0 Å². The molecule has 0 spiro atoms. The maximum Gasteiger partial charge on any atom is 0.0704 e. The minimum absolute atomic E-state index is 0.764. The molecule has 3 rings (SSSR count). The molecule has 0 unspecified atom stereocenters. The average Bonchev–Trinajstić information content (AvgIpc) is 2.94. The Bertz CT molecular complexity index is 484. The highest BCUT2D eigenvalue weighted by Gasteiger charge is 2.17. The summed E-state index contributed by atoms with van der Waals surface area (Å²) in [5.74, 6) is 0.764. The highest BCUT2D eigenvalue weighted by atomic mass is 14.7. The zero-order valence-corrected chi connectivity index (χ0v) is 9.97. The number of pyridine rings is 1. The van der Waals surface area contributed by atoms with E-state index in [9.17, 15) is 0 Å². The van der Waals surface area contributed by atoms with Crippen LogP contribution in [0.2, 0.25) is 0 Å². The molecule has 0 amide bonds. The smallest absolute Gasteiger partial charge is 0.0704 e. The summed E-state index contributed by atoms with van der Waals surface area (Å²) in [6.45, 7) is 0. The third-order valence-electron chi connectivity index (χ3n) is 3.68. The van der Waals surface area contributed by atoms with Gasteiger partial charge in [0.05, 0.1) is 5.69 Å². The average molecular weight is 223 g/mol. The first kappa shape index (κ1) is 10.5. The third kappa shape index (κ3) is 2.23. The van der Waals surface area contributed by atoms with Crippen LogP contribution >= 0.6 is 0 Å². The summed E-state index contributed by atoms with van der Waals surface area (Å²) < 4.78 is 0. The minimum Gasteiger partial charge on any atom is -0.256 e. The monoisotopic (exact) mass is 223 g/mol. The molecule has 1 fully saturated rings. The van der Waals surface area contributed by atoms with Crippen molar-refractivity contribution in [3.63, 3.8) is 0 Å². The number of rotatable bonds is 2. The Kier molecular flexibility index (Phi) is 2.91. The fourth-order valence-electron chi connectivity index (χ4n) is 2.73. The molecule has 1 aromatic carbocycles. The van der Waals surface area contributed by atoms with Gasteiger partial charge >= 0.3 is 0 Å². The van der Waals surface area contributed by atoms with E-state index >= 15 is 0 Å². The number of hydrogen-bond donors (Lipinski definition) is 0. The van der Waals surface area contributed by atoms with Gasteiger partial charge in [0, 0.05) is 11.8 Å². The highest BCUT2D eigenvalue weighted by Crippen LogP contribution is 2.34. The molecule has 0 saturated heterocycles. The van der Waals surface area contributed by atoms with Gasteiger partial charge in [-0.25, -0.2) is 0 Å². The van der Waals surface area contributed by atoms with Gasteiger partial charge in [-0.3, -0.25) is 4.98 Å². The van der Waals surface area contributed by atoms with Gasteiger partial charge in [-0.2, -0.15) is 0 Å². The Morgan fingerprint density at radius 1 is 0.941 bits per heavy atom. The molecule has 1 heteroatoms. The predicted octanol–water partition coefficient (Wildman–Crippen LogP) is 4.41. The van der Waals surface area contributed by atoms with Gasteiger partial charge in [0.2, 0.25) is 0 Å². The van der Waals surface area contributed by atoms with Crippen molar-refractivity contribution >= 4 is 0 Å². The Labute approximate surface area is 103 Å². The maximum atomic E-state index is 4.48.